The predicted molar refractivity (Wildman–Crippen MR) is 77.0 cm³/mol. The molecular formula is C12H14BrN3OS. The van der Waals surface area contributed by atoms with Gasteiger partial charge in [0.25, 0.3) is 0 Å². The summed E-state index contributed by atoms with van der Waals surface area (Å²) in [6, 6.07) is 5.91. The molecule has 0 unspecified atom stereocenters. The van der Waals surface area contributed by atoms with E-state index in [4.69, 9.17) is 4.74 Å². The number of nitrogens with one attached hydrogen (secondary N) is 1. The Hall–Kier alpha value is -0.980. The lowest BCUT2D eigenvalue weighted by atomic mass is 10.2. The summed E-state index contributed by atoms with van der Waals surface area (Å²) in [5.74, 6) is 0.816. The van der Waals surface area contributed by atoms with Gasteiger partial charge in [-0.15, -0.1) is 10.2 Å². The van der Waals surface area contributed by atoms with Crippen LogP contribution < -0.4 is 10.1 Å². The van der Waals surface area contributed by atoms with Gasteiger partial charge in [-0.3, -0.25) is 0 Å². The van der Waals surface area contributed by atoms with Crippen LogP contribution in [0.4, 0.5) is 0 Å². The van der Waals surface area contributed by atoms with E-state index in [-0.39, 0.29) is 0 Å². The van der Waals surface area contributed by atoms with Gasteiger partial charge in [0.05, 0.1) is 11.6 Å². The summed E-state index contributed by atoms with van der Waals surface area (Å²) in [5, 5.41) is 13.5. The largest absolute Gasteiger partial charge is 0.496 e. The van der Waals surface area contributed by atoms with E-state index in [9.17, 15) is 0 Å². The first-order chi connectivity index (χ1) is 8.74. The molecule has 1 N–H and O–H groups in total. The molecule has 1 heterocycles. The van der Waals surface area contributed by atoms with Crippen LogP contribution in [0.1, 0.15) is 11.9 Å². The second-order valence-electron chi connectivity index (χ2n) is 3.63. The van der Waals surface area contributed by atoms with Gasteiger partial charge >= 0.3 is 0 Å². The summed E-state index contributed by atoms with van der Waals surface area (Å²) in [5.41, 5.74) is 1.04. The summed E-state index contributed by atoms with van der Waals surface area (Å²) in [4.78, 5) is 0. The third-order valence-corrected chi connectivity index (χ3v) is 3.98. The van der Waals surface area contributed by atoms with Gasteiger partial charge in [0.2, 0.25) is 0 Å². The summed E-state index contributed by atoms with van der Waals surface area (Å²) in [7, 11) is 1.65. The first-order valence-electron chi connectivity index (χ1n) is 5.61. The van der Waals surface area contributed by atoms with Crippen LogP contribution in [0.5, 0.6) is 5.75 Å². The smallest absolute Gasteiger partial charge is 0.147 e. The highest BCUT2D eigenvalue weighted by Crippen LogP contribution is 2.31. The molecule has 2 rings (SSSR count). The van der Waals surface area contributed by atoms with Crippen molar-refractivity contribution in [3.8, 4) is 16.3 Å². The monoisotopic (exact) mass is 327 g/mol. The Bertz CT molecular complexity index is 530. The molecule has 0 bridgehead atoms. The van der Waals surface area contributed by atoms with Gasteiger partial charge in [0, 0.05) is 12.1 Å². The fraction of sp³-hybridized carbons (Fsp3) is 0.333. The standard InChI is InChI=1S/C12H14BrN3OS/c1-3-14-7-11-15-16-12(18-11)8-4-5-10(17-2)9(13)6-8/h4-6,14H,3,7H2,1-2H3. The van der Waals surface area contributed by atoms with Gasteiger partial charge in [0.1, 0.15) is 15.8 Å². The predicted octanol–water partition coefficient (Wildman–Crippen LogP) is 3.09. The van der Waals surface area contributed by atoms with Crippen LogP contribution in [-0.2, 0) is 6.54 Å². The lowest BCUT2D eigenvalue weighted by Crippen LogP contribution is -2.11. The molecular weight excluding hydrogens is 314 g/mol. The summed E-state index contributed by atoms with van der Waals surface area (Å²) < 4.78 is 6.13. The van der Waals surface area contributed by atoms with Crippen LogP contribution >= 0.6 is 27.3 Å². The number of rotatable bonds is 5. The van der Waals surface area contributed by atoms with Crippen molar-refractivity contribution in [2.24, 2.45) is 0 Å². The molecule has 96 valence electrons. The Morgan fingerprint density at radius 2 is 2.22 bits per heavy atom. The molecule has 0 aliphatic heterocycles. The highest BCUT2D eigenvalue weighted by Gasteiger charge is 2.08. The Labute approximate surface area is 119 Å². The Morgan fingerprint density at radius 3 is 2.89 bits per heavy atom. The van der Waals surface area contributed by atoms with E-state index in [0.717, 1.165) is 38.9 Å². The Kier molecular flexibility index (Phi) is 4.68. The molecule has 0 atom stereocenters. The topological polar surface area (TPSA) is 47.0 Å². The number of hydrogen-bond donors (Lipinski definition) is 1. The molecule has 0 fully saturated rings. The fourth-order valence-electron chi connectivity index (χ4n) is 1.47. The third kappa shape index (κ3) is 3.07. The van der Waals surface area contributed by atoms with E-state index in [2.05, 4.69) is 38.4 Å². The number of benzene rings is 1. The molecule has 1 aromatic heterocycles. The number of halogens is 1. The number of aromatic nitrogens is 2. The van der Waals surface area contributed by atoms with E-state index in [1.54, 1.807) is 18.4 Å². The first kappa shape index (κ1) is 13.5. The number of nitrogens with zero attached hydrogens (tertiary/aromatic N) is 2. The SMILES string of the molecule is CCNCc1nnc(-c2ccc(OC)c(Br)c2)s1. The summed E-state index contributed by atoms with van der Waals surface area (Å²) >= 11 is 5.07. The zero-order chi connectivity index (χ0) is 13.0. The van der Waals surface area contributed by atoms with E-state index in [1.165, 1.54) is 0 Å². The maximum atomic E-state index is 5.20. The molecule has 4 nitrogen and oxygen atoms in total. The van der Waals surface area contributed by atoms with Crippen molar-refractivity contribution in [3.63, 3.8) is 0 Å². The molecule has 6 heteroatoms. The molecule has 0 aliphatic carbocycles. The van der Waals surface area contributed by atoms with Crippen LogP contribution in [0.3, 0.4) is 0 Å². The van der Waals surface area contributed by atoms with Crippen molar-refractivity contribution in [1.29, 1.82) is 0 Å². The highest BCUT2D eigenvalue weighted by molar-refractivity contribution is 9.10. The molecule has 2 aromatic rings. The minimum Gasteiger partial charge on any atom is -0.496 e. The number of hydrogen-bond acceptors (Lipinski definition) is 5. The van der Waals surface area contributed by atoms with Crippen LogP contribution in [-0.4, -0.2) is 23.9 Å². The second kappa shape index (κ2) is 6.26. The molecule has 0 radical (unpaired) electrons. The van der Waals surface area contributed by atoms with E-state index in [1.807, 2.05) is 18.2 Å². The average Bonchev–Trinajstić information content (AvgIpc) is 2.85. The normalized spacial score (nSPS) is 10.6. The van der Waals surface area contributed by atoms with Crippen LogP contribution in [0.15, 0.2) is 22.7 Å². The lowest BCUT2D eigenvalue weighted by molar-refractivity contribution is 0.412. The Balaban J connectivity index is 2.20. The van der Waals surface area contributed by atoms with Crippen LogP contribution in [0.2, 0.25) is 0 Å². The Morgan fingerprint density at radius 1 is 1.39 bits per heavy atom. The van der Waals surface area contributed by atoms with Gasteiger partial charge < -0.3 is 10.1 Å². The maximum absolute atomic E-state index is 5.20. The second-order valence-corrected chi connectivity index (χ2v) is 5.55. The van der Waals surface area contributed by atoms with Crippen molar-refractivity contribution in [3.05, 3.63) is 27.7 Å². The van der Waals surface area contributed by atoms with Crippen molar-refractivity contribution in [1.82, 2.24) is 15.5 Å². The van der Waals surface area contributed by atoms with E-state index < -0.39 is 0 Å². The van der Waals surface area contributed by atoms with Gasteiger partial charge in [0.15, 0.2) is 0 Å². The minimum absolute atomic E-state index is 0.769. The van der Waals surface area contributed by atoms with Gasteiger partial charge in [-0.1, -0.05) is 18.3 Å². The molecule has 1 aromatic carbocycles. The van der Waals surface area contributed by atoms with Crippen LogP contribution in [0, 0.1) is 0 Å². The maximum Gasteiger partial charge on any atom is 0.147 e. The van der Waals surface area contributed by atoms with Crippen molar-refractivity contribution in [2.45, 2.75) is 13.5 Å². The van der Waals surface area contributed by atoms with E-state index >= 15 is 0 Å². The molecule has 0 spiro atoms. The molecule has 0 amide bonds. The van der Waals surface area contributed by atoms with Crippen molar-refractivity contribution >= 4 is 27.3 Å². The molecule has 18 heavy (non-hydrogen) atoms. The van der Waals surface area contributed by atoms with Crippen molar-refractivity contribution < 1.29 is 4.74 Å². The van der Waals surface area contributed by atoms with Gasteiger partial charge in [-0.2, -0.15) is 0 Å². The molecule has 0 saturated carbocycles. The zero-order valence-corrected chi connectivity index (χ0v) is 12.6. The molecule has 0 aliphatic rings. The van der Waals surface area contributed by atoms with Crippen molar-refractivity contribution in [2.75, 3.05) is 13.7 Å². The number of ether oxygens (including phenoxy) is 1. The van der Waals surface area contributed by atoms with Crippen LogP contribution in [0.25, 0.3) is 10.6 Å². The lowest BCUT2D eigenvalue weighted by Gasteiger charge is -2.03. The third-order valence-electron chi connectivity index (χ3n) is 2.39. The number of methoxy groups -OCH3 is 1. The minimum atomic E-state index is 0.769. The van der Waals surface area contributed by atoms with Gasteiger partial charge in [-0.25, -0.2) is 0 Å². The highest BCUT2D eigenvalue weighted by atomic mass is 79.9. The van der Waals surface area contributed by atoms with Gasteiger partial charge in [-0.05, 0) is 40.7 Å². The quantitative estimate of drug-likeness (QED) is 0.916. The average molecular weight is 328 g/mol. The summed E-state index contributed by atoms with van der Waals surface area (Å²) in [6.45, 7) is 3.77. The summed E-state index contributed by atoms with van der Waals surface area (Å²) in [6.07, 6.45) is 0. The molecule has 0 saturated heterocycles. The van der Waals surface area contributed by atoms with E-state index in [0.29, 0.717) is 0 Å². The first-order valence-corrected chi connectivity index (χ1v) is 7.22. The zero-order valence-electron chi connectivity index (χ0n) is 10.2. The fourth-order valence-corrected chi connectivity index (χ4v) is 2.82.